The largest absolute Gasteiger partial charge is 0.480 e. The number of hydrogen-bond donors (Lipinski definition) is 1. The lowest BCUT2D eigenvalue weighted by atomic mass is 10.0. The Morgan fingerprint density at radius 3 is 2.19 bits per heavy atom. The monoisotopic (exact) mass is 301 g/mol. The van der Waals surface area contributed by atoms with Crippen molar-refractivity contribution in [2.45, 2.75) is 46.9 Å². The van der Waals surface area contributed by atoms with Crippen LogP contribution in [0.15, 0.2) is 12.1 Å². The highest BCUT2D eigenvalue weighted by molar-refractivity contribution is 5.69. The Bertz CT molecular complexity index is 481. The number of nitrogens with zero attached hydrogens (tertiary/aromatic N) is 1. The van der Waals surface area contributed by atoms with E-state index in [1.807, 2.05) is 13.8 Å². The molecule has 4 nitrogen and oxygen atoms in total. The van der Waals surface area contributed by atoms with Gasteiger partial charge in [0.15, 0.2) is 0 Å². The molecule has 0 aromatic heterocycles. The molecule has 0 bridgehead atoms. The highest BCUT2D eigenvalue weighted by Crippen LogP contribution is 2.27. The number of hydrogen-bond acceptors (Lipinski definition) is 3. The van der Waals surface area contributed by atoms with Crippen molar-refractivity contribution < 1.29 is 23.4 Å². The SMILES string of the molecule is Cc1cc(CN(CC(=O)O)C(C)C)cc(C)c1OC(F)F. The Hall–Kier alpha value is -1.69. The fraction of sp³-hybridized carbons (Fsp3) is 0.533. The van der Waals surface area contributed by atoms with Gasteiger partial charge in [0.05, 0.1) is 6.54 Å². The second-order valence-electron chi connectivity index (χ2n) is 5.33. The van der Waals surface area contributed by atoms with Gasteiger partial charge in [0.25, 0.3) is 0 Å². The lowest BCUT2D eigenvalue weighted by Crippen LogP contribution is -2.35. The smallest absolute Gasteiger partial charge is 0.387 e. The molecule has 0 saturated carbocycles. The van der Waals surface area contributed by atoms with Crippen LogP contribution >= 0.6 is 0 Å². The average Bonchev–Trinajstić information content (AvgIpc) is 2.32. The summed E-state index contributed by atoms with van der Waals surface area (Å²) in [4.78, 5) is 12.7. The van der Waals surface area contributed by atoms with E-state index in [4.69, 9.17) is 5.11 Å². The van der Waals surface area contributed by atoms with E-state index in [-0.39, 0.29) is 18.3 Å². The number of alkyl halides is 2. The topological polar surface area (TPSA) is 49.8 Å². The van der Waals surface area contributed by atoms with Gasteiger partial charge in [-0.3, -0.25) is 9.69 Å². The number of carbonyl (C=O) groups is 1. The van der Waals surface area contributed by atoms with Crippen LogP contribution in [-0.2, 0) is 11.3 Å². The summed E-state index contributed by atoms with van der Waals surface area (Å²) < 4.78 is 29.2. The van der Waals surface area contributed by atoms with E-state index in [0.29, 0.717) is 17.7 Å². The van der Waals surface area contributed by atoms with Crippen LogP contribution in [0.5, 0.6) is 5.75 Å². The van der Waals surface area contributed by atoms with E-state index in [0.717, 1.165) is 5.56 Å². The standard InChI is InChI=1S/C15H21F2NO3/c1-9(2)18(8-13(19)20)7-12-5-10(3)14(11(4)6-12)21-15(16)17/h5-6,9,15H,7-8H2,1-4H3,(H,19,20). The third-order valence-corrected chi connectivity index (χ3v) is 3.18. The molecule has 0 aliphatic rings. The normalized spacial score (nSPS) is 11.5. The summed E-state index contributed by atoms with van der Waals surface area (Å²) in [6.07, 6.45) is 0. The Labute approximate surface area is 123 Å². The van der Waals surface area contributed by atoms with Crippen LogP contribution in [0.3, 0.4) is 0 Å². The number of rotatable bonds is 7. The quantitative estimate of drug-likeness (QED) is 0.840. The van der Waals surface area contributed by atoms with E-state index >= 15 is 0 Å². The summed E-state index contributed by atoms with van der Waals surface area (Å²) in [5, 5.41) is 8.92. The fourth-order valence-electron chi connectivity index (χ4n) is 2.24. The number of carboxylic acids is 1. The van der Waals surface area contributed by atoms with Gasteiger partial charge in [0.2, 0.25) is 0 Å². The summed E-state index contributed by atoms with van der Waals surface area (Å²) in [5.41, 5.74) is 2.11. The molecule has 0 amide bonds. The van der Waals surface area contributed by atoms with Gasteiger partial charge in [0, 0.05) is 12.6 Å². The van der Waals surface area contributed by atoms with Crippen molar-refractivity contribution in [3.8, 4) is 5.75 Å². The van der Waals surface area contributed by atoms with Gasteiger partial charge in [-0.05, 0) is 44.4 Å². The van der Waals surface area contributed by atoms with Crippen LogP contribution in [0.25, 0.3) is 0 Å². The molecule has 0 spiro atoms. The second-order valence-corrected chi connectivity index (χ2v) is 5.33. The van der Waals surface area contributed by atoms with Crippen LogP contribution in [0.4, 0.5) is 8.78 Å². The second kappa shape index (κ2) is 7.36. The lowest BCUT2D eigenvalue weighted by Gasteiger charge is -2.25. The van der Waals surface area contributed by atoms with Gasteiger partial charge >= 0.3 is 12.6 Å². The van der Waals surface area contributed by atoms with Crippen molar-refractivity contribution in [3.63, 3.8) is 0 Å². The third kappa shape index (κ3) is 5.30. The summed E-state index contributed by atoms with van der Waals surface area (Å²) in [7, 11) is 0. The number of ether oxygens (including phenoxy) is 1. The molecule has 118 valence electrons. The number of benzene rings is 1. The van der Waals surface area contributed by atoms with E-state index < -0.39 is 12.6 Å². The van der Waals surface area contributed by atoms with Crippen LogP contribution in [0, 0.1) is 13.8 Å². The summed E-state index contributed by atoms with van der Waals surface area (Å²) in [5.74, 6) is -0.710. The van der Waals surface area contributed by atoms with Crippen molar-refractivity contribution in [3.05, 3.63) is 28.8 Å². The fourth-order valence-corrected chi connectivity index (χ4v) is 2.24. The summed E-state index contributed by atoms with van der Waals surface area (Å²) in [6, 6.07) is 3.57. The van der Waals surface area contributed by atoms with Crippen molar-refractivity contribution >= 4 is 5.97 Å². The maximum atomic E-state index is 12.3. The number of aliphatic carboxylic acids is 1. The number of halogens is 2. The maximum Gasteiger partial charge on any atom is 0.387 e. The van der Waals surface area contributed by atoms with Gasteiger partial charge in [0.1, 0.15) is 5.75 Å². The van der Waals surface area contributed by atoms with Gasteiger partial charge in [-0.2, -0.15) is 8.78 Å². The molecule has 21 heavy (non-hydrogen) atoms. The molecule has 0 atom stereocenters. The van der Waals surface area contributed by atoms with Crippen molar-refractivity contribution in [1.82, 2.24) is 4.90 Å². The maximum absolute atomic E-state index is 12.3. The van der Waals surface area contributed by atoms with E-state index in [2.05, 4.69) is 4.74 Å². The first kappa shape index (κ1) is 17.4. The first-order valence-electron chi connectivity index (χ1n) is 6.71. The molecule has 0 aliphatic heterocycles. The number of aryl methyl sites for hydroxylation is 2. The van der Waals surface area contributed by atoms with Gasteiger partial charge < -0.3 is 9.84 Å². The van der Waals surface area contributed by atoms with Crippen LogP contribution < -0.4 is 4.74 Å². The molecule has 0 fully saturated rings. The molecule has 0 radical (unpaired) electrons. The zero-order valence-electron chi connectivity index (χ0n) is 12.7. The van der Waals surface area contributed by atoms with E-state index in [1.165, 1.54) is 0 Å². The Kier molecular flexibility index (Phi) is 6.08. The Balaban J connectivity index is 2.96. The first-order valence-corrected chi connectivity index (χ1v) is 6.71. The minimum atomic E-state index is -2.85. The summed E-state index contributed by atoms with van der Waals surface area (Å²) >= 11 is 0. The molecule has 0 unspecified atom stereocenters. The average molecular weight is 301 g/mol. The lowest BCUT2D eigenvalue weighted by molar-refractivity contribution is -0.138. The van der Waals surface area contributed by atoms with Crippen LogP contribution in [0.2, 0.25) is 0 Å². The van der Waals surface area contributed by atoms with Gasteiger partial charge in [-0.25, -0.2) is 0 Å². The summed E-state index contributed by atoms with van der Waals surface area (Å²) in [6.45, 7) is 4.75. The number of carboxylic acid groups (broad SMARTS) is 1. The first-order chi connectivity index (χ1) is 9.70. The van der Waals surface area contributed by atoms with Crippen molar-refractivity contribution in [2.24, 2.45) is 0 Å². The third-order valence-electron chi connectivity index (χ3n) is 3.18. The van der Waals surface area contributed by atoms with Gasteiger partial charge in [-0.1, -0.05) is 12.1 Å². The highest BCUT2D eigenvalue weighted by Gasteiger charge is 2.16. The molecule has 1 N–H and O–H groups in total. The molecule has 1 aromatic carbocycles. The van der Waals surface area contributed by atoms with Crippen LogP contribution in [-0.4, -0.2) is 35.2 Å². The molecular formula is C15H21F2NO3. The van der Waals surface area contributed by atoms with Crippen molar-refractivity contribution in [1.29, 1.82) is 0 Å². The molecule has 0 aliphatic carbocycles. The minimum Gasteiger partial charge on any atom is -0.480 e. The Morgan fingerprint density at radius 2 is 1.81 bits per heavy atom. The molecule has 1 aromatic rings. The molecule has 0 heterocycles. The Morgan fingerprint density at radius 1 is 1.29 bits per heavy atom. The van der Waals surface area contributed by atoms with Crippen LogP contribution in [0.1, 0.15) is 30.5 Å². The predicted molar refractivity (Wildman–Crippen MR) is 75.7 cm³/mol. The zero-order valence-corrected chi connectivity index (χ0v) is 12.7. The molecule has 0 saturated heterocycles. The van der Waals surface area contributed by atoms with E-state index in [9.17, 15) is 13.6 Å². The zero-order chi connectivity index (χ0) is 16.2. The highest BCUT2D eigenvalue weighted by atomic mass is 19.3. The molecule has 1 rings (SSSR count). The minimum absolute atomic E-state index is 0.0644. The predicted octanol–water partition coefficient (Wildman–Crippen LogP) is 3.20. The van der Waals surface area contributed by atoms with Gasteiger partial charge in [-0.15, -0.1) is 0 Å². The molecule has 6 heteroatoms. The molecular weight excluding hydrogens is 280 g/mol. The van der Waals surface area contributed by atoms with E-state index in [1.54, 1.807) is 30.9 Å². The van der Waals surface area contributed by atoms with Crippen molar-refractivity contribution in [2.75, 3.05) is 6.54 Å².